The summed E-state index contributed by atoms with van der Waals surface area (Å²) in [6, 6.07) is 13.3. The Labute approximate surface area is 159 Å². The third-order valence-electron chi connectivity index (χ3n) is 5.00. The molecule has 0 saturated heterocycles. The predicted molar refractivity (Wildman–Crippen MR) is 104 cm³/mol. The third kappa shape index (κ3) is 4.13. The first-order chi connectivity index (χ1) is 12.9. The van der Waals surface area contributed by atoms with Crippen molar-refractivity contribution < 1.29 is 19.4 Å². The molecule has 27 heavy (non-hydrogen) atoms. The number of aryl methyl sites for hydroxylation is 1. The standard InChI is InChI=1S/C22H25NO4/c1-3-10-27-19-11-15(2)8-9-18(19)23-20(24)14-22(21(25)26)12-16-6-4-5-7-17(16)13-22/h4-9,11H,3,10,12-14H2,1-2H3,(H,23,24)(H,25,26). The van der Waals surface area contributed by atoms with Gasteiger partial charge < -0.3 is 15.2 Å². The molecule has 0 fully saturated rings. The van der Waals surface area contributed by atoms with Crippen LogP contribution in [0.1, 0.15) is 36.5 Å². The van der Waals surface area contributed by atoms with Crippen molar-refractivity contribution in [1.82, 2.24) is 0 Å². The molecule has 5 nitrogen and oxygen atoms in total. The van der Waals surface area contributed by atoms with Crippen molar-refractivity contribution in [2.45, 2.75) is 39.5 Å². The highest BCUT2D eigenvalue weighted by Crippen LogP contribution is 2.40. The lowest BCUT2D eigenvalue weighted by Gasteiger charge is -2.23. The Hall–Kier alpha value is -2.82. The van der Waals surface area contributed by atoms with Gasteiger partial charge in [0.1, 0.15) is 5.75 Å². The van der Waals surface area contributed by atoms with Gasteiger partial charge in [-0.05, 0) is 55.0 Å². The van der Waals surface area contributed by atoms with Crippen molar-refractivity contribution >= 4 is 17.6 Å². The van der Waals surface area contributed by atoms with Gasteiger partial charge in [0.15, 0.2) is 0 Å². The second-order valence-electron chi connectivity index (χ2n) is 7.28. The minimum absolute atomic E-state index is 0.0713. The lowest BCUT2D eigenvalue weighted by atomic mass is 9.81. The topological polar surface area (TPSA) is 75.6 Å². The fourth-order valence-electron chi connectivity index (χ4n) is 3.61. The Morgan fingerprint density at radius 2 is 1.81 bits per heavy atom. The van der Waals surface area contributed by atoms with Gasteiger partial charge in [-0.2, -0.15) is 0 Å². The number of anilines is 1. The number of nitrogens with one attached hydrogen (secondary N) is 1. The summed E-state index contributed by atoms with van der Waals surface area (Å²) >= 11 is 0. The van der Waals surface area contributed by atoms with E-state index in [1.165, 1.54) is 0 Å². The number of aliphatic carboxylic acids is 1. The van der Waals surface area contributed by atoms with E-state index in [1.807, 2.05) is 50.2 Å². The van der Waals surface area contributed by atoms with Crippen molar-refractivity contribution in [3.63, 3.8) is 0 Å². The fourth-order valence-corrected chi connectivity index (χ4v) is 3.61. The molecule has 0 aromatic heterocycles. The Balaban J connectivity index is 1.76. The number of rotatable bonds is 7. The largest absolute Gasteiger partial charge is 0.491 e. The number of hydrogen-bond acceptors (Lipinski definition) is 3. The van der Waals surface area contributed by atoms with Crippen LogP contribution < -0.4 is 10.1 Å². The van der Waals surface area contributed by atoms with Crippen LogP contribution in [0.15, 0.2) is 42.5 Å². The average Bonchev–Trinajstić information content (AvgIpc) is 3.01. The van der Waals surface area contributed by atoms with Crippen LogP contribution in [0.2, 0.25) is 0 Å². The zero-order valence-electron chi connectivity index (χ0n) is 15.7. The quantitative estimate of drug-likeness (QED) is 0.776. The molecule has 0 saturated carbocycles. The number of carboxylic acids is 1. The number of ether oxygens (including phenoxy) is 1. The number of carbonyl (C=O) groups is 2. The third-order valence-corrected chi connectivity index (χ3v) is 5.00. The molecule has 2 aromatic carbocycles. The summed E-state index contributed by atoms with van der Waals surface area (Å²) in [7, 11) is 0. The zero-order chi connectivity index (χ0) is 19.4. The van der Waals surface area contributed by atoms with E-state index in [4.69, 9.17) is 4.74 Å². The van der Waals surface area contributed by atoms with Gasteiger partial charge in [0.25, 0.3) is 0 Å². The van der Waals surface area contributed by atoms with Gasteiger partial charge in [-0.15, -0.1) is 0 Å². The van der Waals surface area contributed by atoms with Crippen LogP contribution in [-0.2, 0) is 22.4 Å². The van der Waals surface area contributed by atoms with Crippen LogP contribution in [-0.4, -0.2) is 23.6 Å². The molecule has 0 heterocycles. The molecule has 1 aliphatic carbocycles. The summed E-state index contributed by atoms with van der Waals surface area (Å²) in [5, 5.41) is 12.7. The summed E-state index contributed by atoms with van der Waals surface area (Å²) in [6.07, 6.45) is 1.54. The van der Waals surface area contributed by atoms with E-state index in [-0.39, 0.29) is 12.3 Å². The Morgan fingerprint density at radius 1 is 1.15 bits per heavy atom. The average molecular weight is 367 g/mol. The minimum atomic E-state index is -1.09. The molecule has 3 rings (SSSR count). The van der Waals surface area contributed by atoms with Crippen molar-refractivity contribution in [1.29, 1.82) is 0 Å². The molecule has 0 radical (unpaired) electrons. The van der Waals surface area contributed by atoms with Crippen LogP contribution >= 0.6 is 0 Å². The van der Waals surface area contributed by atoms with E-state index in [1.54, 1.807) is 6.07 Å². The smallest absolute Gasteiger partial charge is 0.310 e. The van der Waals surface area contributed by atoms with Crippen LogP contribution in [0.4, 0.5) is 5.69 Å². The first kappa shape index (κ1) is 19.0. The highest BCUT2D eigenvalue weighted by atomic mass is 16.5. The summed E-state index contributed by atoms with van der Waals surface area (Å²) in [5.74, 6) is -0.625. The number of benzene rings is 2. The van der Waals surface area contributed by atoms with E-state index in [9.17, 15) is 14.7 Å². The molecule has 2 aromatic rings. The second-order valence-corrected chi connectivity index (χ2v) is 7.28. The highest BCUT2D eigenvalue weighted by molar-refractivity contribution is 5.96. The summed E-state index contributed by atoms with van der Waals surface area (Å²) < 4.78 is 5.73. The van der Waals surface area contributed by atoms with Gasteiger partial charge in [-0.25, -0.2) is 0 Å². The summed E-state index contributed by atoms with van der Waals surface area (Å²) in [4.78, 5) is 24.7. The van der Waals surface area contributed by atoms with E-state index in [0.29, 0.717) is 30.9 Å². The number of amides is 1. The Kier molecular flexibility index (Phi) is 5.49. The van der Waals surface area contributed by atoms with Crippen LogP contribution in [0.3, 0.4) is 0 Å². The van der Waals surface area contributed by atoms with Gasteiger partial charge in [0.2, 0.25) is 5.91 Å². The zero-order valence-corrected chi connectivity index (χ0v) is 15.7. The lowest BCUT2D eigenvalue weighted by Crippen LogP contribution is -2.36. The predicted octanol–water partition coefficient (Wildman–Crippen LogP) is 3.98. The second kappa shape index (κ2) is 7.82. The van der Waals surface area contributed by atoms with Gasteiger partial charge in [0, 0.05) is 6.42 Å². The van der Waals surface area contributed by atoms with E-state index < -0.39 is 11.4 Å². The van der Waals surface area contributed by atoms with Gasteiger partial charge in [0.05, 0.1) is 17.7 Å². The van der Waals surface area contributed by atoms with Crippen LogP contribution in [0.5, 0.6) is 5.75 Å². The van der Waals surface area contributed by atoms with Crippen molar-refractivity contribution in [3.05, 3.63) is 59.2 Å². The first-order valence-corrected chi connectivity index (χ1v) is 9.27. The molecule has 0 bridgehead atoms. The maximum atomic E-state index is 12.7. The minimum Gasteiger partial charge on any atom is -0.491 e. The normalized spacial score (nSPS) is 14.4. The first-order valence-electron chi connectivity index (χ1n) is 9.27. The van der Waals surface area contributed by atoms with Crippen LogP contribution in [0.25, 0.3) is 0 Å². The molecule has 5 heteroatoms. The fraction of sp³-hybridized carbons (Fsp3) is 0.364. The van der Waals surface area contributed by atoms with Gasteiger partial charge in [-0.3, -0.25) is 9.59 Å². The maximum absolute atomic E-state index is 12.7. The molecule has 0 aliphatic heterocycles. The maximum Gasteiger partial charge on any atom is 0.310 e. The molecule has 1 aliphatic rings. The Morgan fingerprint density at radius 3 is 2.41 bits per heavy atom. The molecule has 0 atom stereocenters. The number of hydrogen-bond donors (Lipinski definition) is 2. The van der Waals surface area contributed by atoms with E-state index in [0.717, 1.165) is 23.1 Å². The van der Waals surface area contributed by atoms with Crippen molar-refractivity contribution in [3.8, 4) is 5.75 Å². The molecule has 0 spiro atoms. The number of fused-ring (bicyclic) bond motifs is 1. The monoisotopic (exact) mass is 367 g/mol. The SMILES string of the molecule is CCCOc1cc(C)ccc1NC(=O)CC1(C(=O)O)Cc2ccccc2C1. The lowest BCUT2D eigenvalue weighted by molar-refractivity contribution is -0.150. The molecular weight excluding hydrogens is 342 g/mol. The molecule has 142 valence electrons. The van der Waals surface area contributed by atoms with Gasteiger partial charge >= 0.3 is 5.97 Å². The Bertz CT molecular complexity index is 834. The van der Waals surface area contributed by atoms with Gasteiger partial charge in [-0.1, -0.05) is 37.3 Å². The van der Waals surface area contributed by atoms with E-state index in [2.05, 4.69) is 5.32 Å². The summed E-state index contributed by atoms with van der Waals surface area (Å²) in [6.45, 7) is 4.53. The molecule has 2 N–H and O–H groups in total. The number of carbonyl (C=O) groups excluding carboxylic acids is 1. The molecular formula is C22H25NO4. The molecule has 0 unspecified atom stereocenters. The number of carboxylic acid groups (broad SMARTS) is 1. The molecule has 1 amide bonds. The van der Waals surface area contributed by atoms with Crippen molar-refractivity contribution in [2.75, 3.05) is 11.9 Å². The summed E-state index contributed by atoms with van der Waals surface area (Å²) in [5.41, 5.74) is 2.54. The van der Waals surface area contributed by atoms with Crippen LogP contribution in [0, 0.1) is 12.3 Å². The highest BCUT2D eigenvalue weighted by Gasteiger charge is 2.45. The van der Waals surface area contributed by atoms with Crippen molar-refractivity contribution in [2.24, 2.45) is 5.41 Å². The van der Waals surface area contributed by atoms with E-state index >= 15 is 0 Å².